The van der Waals surface area contributed by atoms with Crippen LogP contribution in [0.25, 0.3) is 0 Å². The molecule has 0 saturated heterocycles. The molecule has 0 N–H and O–H groups in total. The Balaban J connectivity index is 1.74. The maximum Gasteiger partial charge on any atom is 0.339 e. The normalized spacial score (nSPS) is 21.2. The van der Waals surface area contributed by atoms with Crippen molar-refractivity contribution in [2.45, 2.75) is 116 Å². The van der Waals surface area contributed by atoms with Gasteiger partial charge in [0.15, 0.2) is 0 Å². The van der Waals surface area contributed by atoms with E-state index in [0.717, 1.165) is 57.1 Å². The molecule has 0 aromatic carbocycles. The second-order valence-corrected chi connectivity index (χ2v) is 9.01. The van der Waals surface area contributed by atoms with Crippen molar-refractivity contribution in [3.8, 4) is 6.07 Å². The summed E-state index contributed by atoms with van der Waals surface area (Å²) in [5.41, 5.74) is 1.36. The summed E-state index contributed by atoms with van der Waals surface area (Å²) < 4.78 is 5.74. The zero-order chi connectivity index (χ0) is 21.7. The number of carbonyl (C=O) groups is 1. The maximum atomic E-state index is 12.5. The number of aromatic nitrogens is 1. The molecule has 1 aliphatic rings. The number of nitriles is 1. The van der Waals surface area contributed by atoms with Crippen molar-refractivity contribution >= 4 is 5.97 Å². The number of carbonyl (C=O) groups excluding carboxylic acids is 1. The van der Waals surface area contributed by atoms with Crippen molar-refractivity contribution in [1.29, 1.82) is 5.26 Å². The molecular formula is C26H40N2O2. The summed E-state index contributed by atoms with van der Waals surface area (Å²) in [6.45, 7) is 4.43. The van der Waals surface area contributed by atoms with Crippen molar-refractivity contribution < 1.29 is 9.53 Å². The minimum Gasteiger partial charge on any atom is -0.459 e. The molecule has 1 fully saturated rings. The summed E-state index contributed by atoms with van der Waals surface area (Å²) in [4.78, 5) is 16.9. The highest BCUT2D eigenvalue weighted by molar-refractivity contribution is 5.89. The monoisotopic (exact) mass is 412 g/mol. The SMILES string of the molecule is CCCCCCCC1(C#N)CCC(OC(=O)c2ccc(CCCCCC)nc2)CC1. The van der Waals surface area contributed by atoms with E-state index in [-0.39, 0.29) is 17.5 Å². The van der Waals surface area contributed by atoms with E-state index in [2.05, 4.69) is 24.9 Å². The molecule has 1 saturated carbocycles. The molecule has 4 nitrogen and oxygen atoms in total. The molecule has 1 aromatic rings. The number of unbranched alkanes of at least 4 members (excludes halogenated alkanes) is 7. The quantitative estimate of drug-likeness (QED) is 0.254. The average Bonchev–Trinajstić information content (AvgIpc) is 2.78. The summed E-state index contributed by atoms with van der Waals surface area (Å²) in [5, 5.41) is 9.74. The van der Waals surface area contributed by atoms with Crippen LogP contribution in [0.1, 0.15) is 120 Å². The Bertz CT molecular complexity index is 655. The second kappa shape index (κ2) is 13.4. The van der Waals surface area contributed by atoms with Crippen LogP contribution < -0.4 is 0 Å². The van der Waals surface area contributed by atoms with Gasteiger partial charge in [0.25, 0.3) is 0 Å². The molecule has 0 aliphatic heterocycles. The van der Waals surface area contributed by atoms with E-state index >= 15 is 0 Å². The Kier molecular flexibility index (Phi) is 10.9. The Morgan fingerprint density at radius 3 is 2.33 bits per heavy atom. The average molecular weight is 413 g/mol. The van der Waals surface area contributed by atoms with Gasteiger partial charge in [0.05, 0.1) is 17.0 Å². The predicted molar refractivity (Wildman–Crippen MR) is 121 cm³/mol. The number of nitrogens with zero attached hydrogens (tertiary/aromatic N) is 2. The third-order valence-corrected chi connectivity index (χ3v) is 6.51. The Morgan fingerprint density at radius 2 is 1.73 bits per heavy atom. The zero-order valence-corrected chi connectivity index (χ0v) is 19.1. The lowest BCUT2D eigenvalue weighted by molar-refractivity contribution is 0.0104. The highest BCUT2D eigenvalue weighted by Gasteiger charge is 2.36. The first-order valence-electron chi connectivity index (χ1n) is 12.2. The van der Waals surface area contributed by atoms with Crippen LogP contribution in [0.15, 0.2) is 18.3 Å². The van der Waals surface area contributed by atoms with Crippen LogP contribution in [0.2, 0.25) is 0 Å². The lowest BCUT2D eigenvalue weighted by atomic mass is 9.71. The van der Waals surface area contributed by atoms with E-state index in [0.29, 0.717) is 5.56 Å². The minimum absolute atomic E-state index is 0.0761. The molecule has 30 heavy (non-hydrogen) atoms. The number of aryl methyl sites for hydroxylation is 1. The van der Waals surface area contributed by atoms with Gasteiger partial charge in [-0.05, 0) is 57.1 Å². The highest BCUT2D eigenvalue weighted by Crippen LogP contribution is 2.41. The summed E-state index contributed by atoms with van der Waals surface area (Å²) in [6, 6.07) is 6.38. The molecule has 0 bridgehead atoms. The van der Waals surface area contributed by atoms with Crippen LogP contribution in [-0.2, 0) is 11.2 Å². The summed E-state index contributed by atoms with van der Waals surface area (Å²) in [5.74, 6) is -0.283. The van der Waals surface area contributed by atoms with Crippen LogP contribution in [0.5, 0.6) is 0 Å². The third-order valence-electron chi connectivity index (χ3n) is 6.51. The van der Waals surface area contributed by atoms with Crippen molar-refractivity contribution in [3.05, 3.63) is 29.6 Å². The number of hydrogen-bond acceptors (Lipinski definition) is 4. The second-order valence-electron chi connectivity index (χ2n) is 9.01. The molecule has 1 aliphatic carbocycles. The van der Waals surface area contributed by atoms with Crippen molar-refractivity contribution in [3.63, 3.8) is 0 Å². The molecule has 166 valence electrons. The molecule has 0 radical (unpaired) electrons. The van der Waals surface area contributed by atoms with Gasteiger partial charge in [-0.15, -0.1) is 0 Å². The van der Waals surface area contributed by atoms with Gasteiger partial charge in [-0.3, -0.25) is 4.98 Å². The third kappa shape index (κ3) is 8.09. The molecule has 2 rings (SSSR count). The fourth-order valence-corrected chi connectivity index (χ4v) is 4.39. The lowest BCUT2D eigenvalue weighted by Crippen LogP contribution is -2.31. The van der Waals surface area contributed by atoms with Crippen molar-refractivity contribution in [2.24, 2.45) is 5.41 Å². The summed E-state index contributed by atoms with van der Waals surface area (Å²) in [7, 11) is 0. The van der Waals surface area contributed by atoms with E-state index in [1.807, 2.05) is 12.1 Å². The smallest absolute Gasteiger partial charge is 0.339 e. The lowest BCUT2D eigenvalue weighted by Gasteiger charge is -2.34. The first-order chi connectivity index (χ1) is 14.6. The Morgan fingerprint density at radius 1 is 1.07 bits per heavy atom. The maximum absolute atomic E-state index is 12.5. The van der Waals surface area contributed by atoms with Gasteiger partial charge < -0.3 is 4.74 Å². The Hall–Kier alpha value is -1.89. The van der Waals surface area contributed by atoms with Gasteiger partial charge in [0.1, 0.15) is 6.10 Å². The molecule has 0 atom stereocenters. The van der Waals surface area contributed by atoms with Crippen LogP contribution >= 0.6 is 0 Å². The van der Waals surface area contributed by atoms with Gasteiger partial charge >= 0.3 is 5.97 Å². The van der Waals surface area contributed by atoms with E-state index < -0.39 is 0 Å². The molecule has 1 heterocycles. The van der Waals surface area contributed by atoms with Gasteiger partial charge in [0.2, 0.25) is 0 Å². The number of hydrogen-bond donors (Lipinski definition) is 0. The number of ether oxygens (including phenoxy) is 1. The summed E-state index contributed by atoms with van der Waals surface area (Å²) >= 11 is 0. The van der Waals surface area contributed by atoms with E-state index in [1.165, 1.54) is 44.9 Å². The topological polar surface area (TPSA) is 63.0 Å². The minimum atomic E-state index is -0.283. The Labute approximate surface area is 183 Å². The summed E-state index contributed by atoms with van der Waals surface area (Å²) in [6.07, 6.45) is 17.8. The van der Waals surface area contributed by atoms with Gasteiger partial charge in [-0.25, -0.2) is 4.79 Å². The van der Waals surface area contributed by atoms with Gasteiger partial charge in [-0.1, -0.05) is 65.2 Å². The van der Waals surface area contributed by atoms with E-state index in [4.69, 9.17) is 4.74 Å². The van der Waals surface area contributed by atoms with Crippen molar-refractivity contribution in [2.75, 3.05) is 0 Å². The standard InChI is InChI=1S/C26H40N2O2/c1-3-5-7-9-11-17-26(21-27)18-15-24(16-19-26)30-25(29)22-13-14-23(28-20-22)12-10-8-6-4-2/h13-14,20,24H,3-12,15-19H2,1-2H3. The zero-order valence-electron chi connectivity index (χ0n) is 19.1. The number of pyridine rings is 1. The predicted octanol–water partition coefficient (Wildman–Crippen LogP) is 7.17. The fourth-order valence-electron chi connectivity index (χ4n) is 4.39. The number of rotatable bonds is 13. The largest absolute Gasteiger partial charge is 0.459 e. The first-order valence-corrected chi connectivity index (χ1v) is 12.2. The molecule has 4 heteroatoms. The van der Waals surface area contributed by atoms with Crippen molar-refractivity contribution in [1.82, 2.24) is 4.98 Å². The van der Waals surface area contributed by atoms with Crippen LogP contribution in [0, 0.1) is 16.7 Å². The highest BCUT2D eigenvalue weighted by atomic mass is 16.5. The van der Waals surface area contributed by atoms with Crippen LogP contribution in [-0.4, -0.2) is 17.1 Å². The molecule has 1 aromatic heterocycles. The fraction of sp³-hybridized carbons (Fsp3) is 0.731. The van der Waals surface area contributed by atoms with Gasteiger partial charge in [0, 0.05) is 11.9 Å². The molecule has 0 spiro atoms. The van der Waals surface area contributed by atoms with Crippen LogP contribution in [0.4, 0.5) is 0 Å². The first kappa shape index (κ1) is 24.4. The molecule has 0 amide bonds. The van der Waals surface area contributed by atoms with E-state index in [9.17, 15) is 10.1 Å². The van der Waals surface area contributed by atoms with Gasteiger partial charge in [-0.2, -0.15) is 5.26 Å². The van der Waals surface area contributed by atoms with E-state index in [1.54, 1.807) is 6.20 Å². The molecule has 0 unspecified atom stereocenters. The number of esters is 1. The van der Waals surface area contributed by atoms with Crippen LogP contribution in [0.3, 0.4) is 0 Å². The molecular weight excluding hydrogens is 372 g/mol.